The minimum Gasteiger partial charge on any atom is -0.452 e. The maximum atomic E-state index is 12.6. The Morgan fingerprint density at radius 3 is 2.41 bits per heavy atom. The molecule has 9 nitrogen and oxygen atoms in total. The summed E-state index contributed by atoms with van der Waals surface area (Å²) < 4.78 is 32.3. The lowest BCUT2D eigenvalue weighted by Gasteiger charge is -2.10. The summed E-state index contributed by atoms with van der Waals surface area (Å²) in [6, 6.07) is 11.6. The smallest absolute Gasteiger partial charge is 0.338 e. The quantitative estimate of drug-likeness (QED) is 0.559. The van der Waals surface area contributed by atoms with Gasteiger partial charge in [0, 0.05) is 13.6 Å². The maximum Gasteiger partial charge on any atom is 0.338 e. The molecule has 29 heavy (non-hydrogen) atoms. The zero-order chi connectivity index (χ0) is 21.4. The average Bonchev–Trinajstić information content (AvgIpc) is 2.71. The largest absolute Gasteiger partial charge is 0.452 e. The lowest BCUT2D eigenvalue weighted by molar-refractivity contribution is -0.123. The Hall–Kier alpha value is -2.95. The predicted octanol–water partition coefficient (Wildman–Crippen LogP) is 1.43. The normalized spacial score (nSPS) is 10.8. The van der Waals surface area contributed by atoms with Gasteiger partial charge in [-0.15, -0.1) is 0 Å². The van der Waals surface area contributed by atoms with Crippen molar-refractivity contribution in [1.29, 1.82) is 0 Å². The second-order valence-electron chi connectivity index (χ2n) is 5.66. The van der Waals surface area contributed by atoms with Crippen LogP contribution in [0.3, 0.4) is 0 Å². The van der Waals surface area contributed by atoms with Gasteiger partial charge in [0.2, 0.25) is 10.0 Å². The summed E-state index contributed by atoms with van der Waals surface area (Å²) >= 11 is 5.99. The molecule has 0 saturated heterocycles. The highest BCUT2D eigenvalue weighted by Gasteiger charge is 2.21. The van der Waals surface area contributed by atoms with Gasteiger partial charge in [-0.25, -0.2) is 22.7 Å². The van der Waals surface area contributed by atoms with E-state index in [1.807, 2.05) is 5.32 Å². The molecule has 0 saturated carbocycles. The number of carbonyl (C=O) groups excluding carboxylic acids is 3. The van der Waals surface area contributed by atoms with Crippen molar-refractivity contribution in [3.05, 3.63) is 64.7 Å². The van der Waals surface area contributed by atoms with Crippen LogP contribution in [0.25, 0.3) is 0 Å². The van der Waals surface area contributed by atoms with Crippen LogP contribution in [0.1, 0.15) is 15.9 Å². The van der Waals surface area contributed by atoms with Crippen molar-refractivity contribution in [3.63, 3.8) is 0 Å². The number of sulfonamides is 1. The number of carbonyl (C=O) groups is 3. The average molecular weight is 440 g/mol. The van der Waals surface area contributed by atoms with E-state index in [9.17, 15) is 22.8 Å². The Morgan fingerprint density at radius 1 is 1.07 bits per heavy atom. The molecule has 11 heteroatoms. The van der Waals surface area contributed by atoms with Crippen LogP contribution >= 0.6 is 11.6 Å². The Kier molecular flexibility index (Phi) is 7.71. The zero-order valence-electron chi connectivity index (χ0n) is 15.3. The molecule has 0 bridgehead atoms. The number of hydrogen-bond donors (Lipinski definition) is 3. The standard InChI is InChI=1S/C18H18ClN3O6S/c1-20-18(25)22-16(23)11-28-17(24)13-7-8-14(19)15(9-13)29(26,27)21-10-12-5-3-2-4-6-12/h2-9,21H,10-11H2,1H3,(H2,20,22,23,25). The van der Waals surface area contributed by atoms with Crippen LogP contribution in [-0.2, 0) is 26.1 Å². The Labute approximate surface area is 172 Å². The number of halogens is 1. The summed E-state index contributed by atoms with van der Waals surface area (Å²) in [7, 11) is -2.70. The van der Waals surface area contributed by atoms with Crippen molar-refractivity contribution < 1.29 is 27.5 Å². The van der Waals surface area contributed by atoms with Gasteiger partial charge in [0.1, 0.15) is 4.90 Å². The first-order valence-electron chi connectivity index (χ1n) is 8.25. The highest BCUT2D eigenvalue weighted by Crippen LogP contribution is 2.23. The number of hydrogen-bond acceptors (Lipinski definition) is 6. The molecule has 2 rings (SSSR count). The molecule has 154 valence electrons. The number of ether oxygens (including phenoxy) is 1. The lowest BCUT2D eigenvalue weighted by Crippen LogP contribution is -2.39. The molecule has 3 amide bonds. The van der Waals surface area contributed by atoms with Gasteiger partial charge >= 0.3 is 12.0 Å². The first-order chi connectivity index (χ1) is 13.7. The first kappa shape index (κ1) is 22.3. The molecule has 0 unspecified atom stereocenters. The van der Waals surface area contributed by atoms with Crippen molar-refractivity contribution in [2.24, 2.45) is 0 Å². The summed E-state index contributed by atoms with van der Waals surface area (Å²) in [5.74, 6) is -1.79. The van der Waals surface area contributed by atoms with Crippen molar-refractivity contribution in [1.82, 2.24) is 15.4 Å². The molecule has 0 fully saturated rings. The number of rotatable bonds is 7. The van der Waals surface area contributed by atoms with Crippen LogP contribution in [-0.4, -0.2) is 40.0 Å². The molecule has 0 aliphatic rings. The number of urea groups is 1. The molecule has 0 aliphatic heterocycles. The third kappa shape index (κ3) is 6.56. The van der Waals surface area contributed by atoms with Crippen LogP contribution in [0.5, 0.6) is 0 Å². The molecule has 0 aromatic heterocycles. The molecular formula is C18H18ClN3O6S. The van der Waals surface area contributed by atoms with Gasteiger partial charge in [0.05, 0.1) is 10.6 Å². The van der Waals surface area contributed by atoms with E-state index < -0.39 is 34.5 Å². The van der Waals surface area contributed by atoms with E-state index in [0.29, 0.717) is 0 Å². The van der Waals surface area contributed by atoms with Crippen LogP contribution in [0, 0.1) is 0 Å². The molecule has 0 radical (unpaired) electrons. The highest BCUT2D eigenvalue weighted by atomic mass is 35.5. The zero-order valence-corrected chi connectivity index (χ0v) is 16.8. The molecule has 0 atom stereocenters. The van der Waals surface area contributed by atoms with Gasteiger partial charge < -0.3 is 10.1 Å². The van der Waals surface area contributed by atoms with Crippen molar-refractivity contribution in [2.45, 2.75) is 11.4 Å². The van der Waals surface area contributed by atoms with Crippen molar-refractivity contribution in [2.75, 3.05) is 13.7 Å². The van der Waals surface area contributed by atoms with E-state index in [0.717, 1.165) is 11.6 Å². The maximum absolute atomic E-state index is 12.6. The monoisotopic (exact) mass is 439 g/mol. The second-order valence-corrected chi connectivity index (χ2v) is 7.80. The number of nitrogens with one attached hydrogen (secondary N) is 3. The third-order valence-corrected chi connectivity index (χ3v) is 5.46. The Morgan fingerprint density at radius 2 is 1.76 bits per heavy atom. The lowest BCUT2D eigenvalue weighted by atomic mass is 10.2. The van der Waals surface area contributed by atoms with E-state index in [-0.39, 0.29) is 22.0 Å². The summed E-state index contributed by atoms with van der Waals surface area (Å²) in [6.45, 7) is -0.683. The van der Waals surface area contributed by atoms with Gasteiger partial charge in [-0.1, -0.05) is 41.9 Å². The van der Waals surface area contributed by atoms with E-state index in [1.165, 1.54) is 19.2 Å². The molecule has 2 aromatic carbocycles. The fraction of sp³-hybridized carbons (Fsp3) is 0.167. The Balaban J connectivity index is 2.08. The van der Waals surface area contributed by atoms with Crippen molar-refractivity contribution >= 4 is 39.5 Å². The van der Waals surface area contributed by atoms with Crippen LogP contribution in [0.15, 0.2) is 53.4 Å². The van der Waals surface area contributed by atoms with E-state index in [2.05, 4.69) is 10.0 Å². The van der Waals surface area contributed by atoms with E-state index in [4.69, 9.17) is 16.3 Å². The third-order valence-electron chi connectivity index (χ3n) is 3.58. The number of esters is 1. The Bertz CT molecular complexity index is 1010. The van der Waals surface area contributed by atoms with Gasteiger partial charge in [-0.2, -0.15) is 0 Å². The van der Waals surface area contributed by atoms with Crippen LogP contribution in [0.2, 0.25) is 5.02 Å². The summed E-state index contributed by atoms with van der Waals surface area (Å²) in [6.07, 6.45) is 0. The molecular weight excluding hydrogens is 422 g/mol. The minimum absolute atomic E-state index is 0.0356. The number of amides is 3. The van der Waals surface area contributed by atoms with Gasteiger partial charge in [-0.05, 0) is 23.8 Å². The SMILES string of the molecule is CNC(=O)NC(=O)COC(=O)c1ccc(Cl)c(S(=O)(=O)NCc2ccccc2)c1. The molecule has 0 spiro atoms. The predicted molar refractivity (Wildman–Crippen MR) is 105 cm³/mol. The first-order valence-corrected chi connectivity index (χ1v) is 10.1. The fourth-order valence-electron chi connectivity index (χ4n) is 2.13. The molecule has 2 aromatic rings. The molecule has 0 aliphatic carbocycles. The molecule has 0 heterocycles. The minimum atomic E-state index is -4.02. The topological polar surface area (TPSA) is 131 Å². The van der Waals surface area contributed by atoms with E-state index in [1.54, 1.807) is 30.3 Å². The highest BCUT2D eigenvalue weighted by molar-refractivity contribution is 7.89. The number of benzene rings is 2. The molecule has 3 N–H and O–H groups in total. The van der Waals surface area contributed by atoms with Gasteiger partial charge in [0.25, 0.3) is 5.91 Å². The van der Waals surface area contributed by atoms with Gasteiger partial charge in [-0.3, -0.25) is 10.1 Å². The number of imide groups is 1. The summed E-state index contributed by atoms with van der Waals surface area (Å²) in [5, 5.41) is 4.01. The summed E-state index contributed by atoms with van der Waals surface area (Å²) in [4.78, 5) is 34.3. The van der Waals surface area contributed by atoms with Crippen LogP contribution < -0.4 is 15.4 Å². The van der Waals surface area contributed by atoms with Gasteiger partial charge in [0.15, 0.2) is 6.61 Å². The van der Waals surface area contributed by atoms with E-state index >= 15 is 0 Å². The van der Waals surface area contributed by atoms with Crippen molar-refractivity contribution in [3.8, 4) is 0 Å². The fourth-order valence-corrected chi connectivity index (χ4v) is 3.67. The summed E-state index contributed by atoms with van der Waals surface area (Å²) in [5.41, 5.74) is 0.618. The van der Waals surface area contributed by atoms with Crippen LogP contribution in [0.4, 0.5) is 4.79 Å². The second kappa shape index (κ2) is 10.0.